The number of nitrogens with one attached hydrogen (secondary N) is 3. The lowest BCUT2D eigenvalue weighted by atomic mass is 9.95. The number of ether oxygens (including phenoxy) is 1. The van der Waals surface area contributed by atoms with Gasteiger partial charge in [0.05, 0.1) is 19.1 Å². The van der Waals surface area contributed by atoms with E-state index in [9.17, 15) is 14.0 Å². The predicted molar refractivity (Wildman–Crippen MR) is 95.1 cm³/mol. The summed E-state index contributed by atoms with van der Waals surface area (Å²) in [6.45, 7) is 0.0101. The Labute approximate surface area is 150 Å². The molecule has 2 amide bonds. The molecule has 0 unspecified atom stereocenters. The number of hydrogen-bond acceptors (Lipinski definition) is 4. The molecule has 136 valence electrons. The molecule has 0 atom stereocenters. The first-order chi connectivity index (χ1) is 12.5. The third-order valence-electron chi connectivity index (χ3n) is 4.44. The maximum atomic E-state index is 13.0. The van der Waals surface area contributed by atoms with Gasteiger partial charge in [-0.3, -0.25) is 20.4 Å². The normalized spacial score (nSPS) is 14.2. The molecule has 2 aromatic rings. The standard InChI is InChI=1S/C19H20FN3O3/c1-26-16-8-6-15(7-9-16)21-12-17(24)22-23-18(25)19(10-11-19)13-2-4-14(20)5-3-13/h2-9,21H,10-12H2,1H3,(H,22,24)(H,23,25). The van der Waals surface area contributed by atoms with Crippen LogP contribution in [0.1, 0.15) is 18.4 Å². The van der Waals surface area contributed by atoms with Gasteiger partial charge in [-0.2, -0.15) is 0 Å². The van der Waals surface area contributed by atoms with Crippen molar-refractivity contribution in [2.24, 2.45) is 0 Å². The molecule has 3 N–H and O–H groups in total. The predicted octanol–water partition coefficient (Wildman–Crippen LogP) is 2.13. The maximum Gasteiger partial charge on any atom is 0.257 e. The first-order valence-corrected chi connectivity index (χ1v) is 8.27. The molecule has 26 heavy (non-hydrogen) atoms. The van der Waals surface area contributed by atoms with E-state index in [0.29, 0.717) is 12.8 Å². The van der Waals surface area contributed by atoms with E-state index >= 15 is 0 Å². The molecule has 2 aromatic carbocycles. The summed E-state index contributed by atoms with van der Waals surface area (Å²) in [4.78, 5) is 24.3. The molecule has 7 heteroatoms. The number of benzene rings is 2. The van der Waals surface area contributed by atoms with Crippen molar-refractivity contribution in [3.05, 3.63) is 59.9 Å². The molecule has 6 nitrogen and oxygen atoms in total. The Morgan fingerprint density at radius 1 is 1.04 bits per heavy atom. The number of methoxy groups -OCH3 is 1. The third-order valence-corrected chi connectivity index (χ3v) is 4.44. The summed E-state index contributed by atoms with van der Waals surface area (Å²) >= 11 is 0. The van der Waals surface area contributed by atoms with Crippen LogP contribution < -0.4 is 20.9 Å². The minimum atomic E-state index is -0.676. The van der Waals surface area contributed by atoms with Crippen LogP contribution in [0.4, 0.5) is 10.1 Å². The lowest BCUT2D eigenvalue weighted by Gasteiger charge is -2.16. The minimum absolute atomic E-state index is 0.0101. The van der Waals surface area contributed by atoms with Gasteiger partial charge in [0.25, 0.3) is 5.91 Å². The molecule has 0 heterocycles. The van der Waals surface area contributed by atoms with Gasteiger partial charge in [-0.15, -0.1) is 0 Å². The number of carbonyl (C=O) groups is 2. The van der Waals surface area contributed by atoms with Gasteiger partial charge in [0.2, 0.25) is 5.91 Å². The van der Waals surface area contributed by atoms with Crippen molar-refractivity contribution in [1.82, 2.24) is 10.9 Å². The summed E-state index contributed by atoms with van der Waals surface area (Å²) < 4.78 is 18.1. The molecule has 0 radical (unpaired) electrons. The van der Waals surface area contributed by atoms with Crippen LogP contribution in [-0.4, -0.2) is 25.5 Å². The topological polar surface area (TPSA) is 79.5 Å². The number of halogens is 1. The second kappa shape index (κ2) is 7.43. The summed E-state index contributed by atoms with van der Waals surface area (Å²) in [6.07, 6.45) is 1.34. The van der Waals surface area contributed by atoms with Crippen molar-refractivity contribution in [2.45, 2.75) is 18.3 Å². The van der Waals surface area contributed by atoms with E-state index < -0.39 is 5.41 Å². The second-order valence-electron chi connectivity index (χ2n) is 6.17. The summed E-state index contributed by atoms with van der Waals surface area (Å²) in [5.41, 5.74) is 5.70. The zero-order valence-corrected chi connectivity index (χ0v) is 14.3. The Morgan fingerprint density at radius 2 is 1.69 bits per heavy atom. The van der Waals surface area contributed by atoms with Gasteiger partial charge < -0.3 is 10.1 Å². The highest BCUT2D eigenvalue weighted by molar-refractivity contribution is 5.93. The molecule has 1 aliphatic rings. The number of hydrazine groups is 1. The molecule has 1 fully saturated rings. The van der Waals surface area contributed by atoms with Crippen LogP contribution in [0.5, 0.6) is 5.75 Å². The number of anilines is 1. The lowest BCUT2D eigenvalue weighted by Crippen LogP contribution is -2.48. The molecule has 0 bridgehead atoms. The zero-order chi connectivity index (χ0) is 18.6. The fourth-order valence-corrected chi connectivity index (χ4v) is 2.72. The maximum absolute atomic E-state index is 13.0. The second-order valence-corrected chi connectivity index (χ2v) is 6.17. The molecule has 1 aliphatic carbocycles. The largest absolute Gasteiger partial charge is 0.497 e. The number of hydrogen-bond donors (Lipinski definition) is 3. The number of carbonyl (C=O) groups excluding carboxylic acids is 2. The van der Waals surface area contributed by atoms with Gasteiger partial charge in [-0.05, 0) is 54.8 Å². The first-order valence-electron chi connectivity index (χ1n) is 8.27. The highest BCUT2D eigenvalue weighted by Gasteiger charge is 2.51. The van der Waals surface area contributed by atoms with Crippen LogP contribution in [0.15, 0.2) is 48.5 Å². The first kappa shape index (κ1) is 17.7. The summed E-state index contributed by atoms with van der Waals surface area (Å²) in [5.74, 6) is -0.281. The van der Waals surface area contributed by atoms with Crippen molar-refractivity contribution in [1.29, 1.82) is 0 Å². The average molecular weight is 357 g/mol. The summed E-state index contributed by atoms with van der Waals surface area (Å²) in [5, 5.41) is 2.95. The van der Waals surface area contributed by atoms with Crippen molar-refractivity contribution < 1.29 is 18.7 Å². The average Bonchev–Trinajstić information content (AvgIpc) is 3.47. The van der Waals surface area contributed by atoms with Gasteiger partial charge >= 0.3 is 0 Å². The number of amides is 2. The van der Waals surface area contributed by atoms with Gasteiger partial charge in [-0.25, -0.2) is 4.39 Å². The van der Waals surface area contributed by atoms with Crippen molar-refractivity contribution in [3.8, 4) is 5.75 Å². The minimum Gasteiger partial charge on any atom is -0.497 e. The van der Waals surface area contributed by atoms with Crippen LogP contribution >= 0.6 is 0 Å². The monoisotopic (exact) mass is 357 g/mol. The van der Waals surface area contributed by atoms with Gasteiger partial charge in [0.15, 0.2) is 0 Å². The van der Waals surface area contributed by atoms with E-state index in [0.717, 1.165) is 17.0 Å². The molecule has 0 aliphatic heterocycles. The summed E-state index contributed by atoms with van der Waals surface area (Å²) in [7, 11) is 1.58. The Hall–Kier alpha value is -3.09. The van der Waals surface area contributed by atoms with Crippen molar-refractivity contribution in [3.63, 3.8) is 0 Å². The fourth-order valence-electron chi connectivity index (χ4n) is 2.72. The van der Waals surface area contributed by atoms with Gasteiger partial charge in [0.1, 0.15) is 11.6 Å². The van der Waals surface area contributed by atoms with E-state index in [1.165, 1.54) is 12.1 Å². The Balaban J connectivity index is 1.48. The Kier molecular flexibility index (Phi) is 5.06. The molecule has 0 spiro atoms. The van der Waals surface area contributed by atoms with Gasteiger partial charge in [-0.1, -0.05) is 12.1 Å². The highest BCUT2D eigenvalue weighted by atomic mass is 19.1. The molecule has 3 rings (SSSR count). The molecule has 0 saturated heterocycles. The van der Waals surface area contributed by atoms with Crippen LogP contribution in [0.25, 0.3) is 0 Å². The third kappa shape index (κ3) is 3.93. The van der Waals surface area contributed by atoms with E-state index in [2.05, 4.69) is 16.2 Å². The fraction of sp³-hybridized carbons (Fsp3) is 0.263. The van der Waals surface area contributed by atoms with E-state index in [4.69, 9.17) is 4.74 Å². The van der Waals surface area contributed by atoms with E-state index in [1.807, 2.05) is 0 Å². The lowest BCUT2D eigenvalue weighted by molar-refractivity contribution is -0.129. The highest BCUT2D eigenvalue weighted by Crippen LogP contribution is 2.48. The van der Waals surface area contributed by atoms with Crippen LogP contribution in [-0.2, 0) is 15.0 Å². The quantitative estimate of drug-likeness (QED) is 0.692. The van der Waals surface area contributed by atoms with E-state index in [1.54, 1.807) is 43.5 Å². The Bertz CT molecular complexity index is 787. The van der Waals surface area contributed by atoms with E-state index in [-0.39, 0.29) is 24.2 Å². The Morgan fingerprint density at radius 3 is 2.27 bits per heavy atom. The zero-order valence-electron chi connectivity index (χ0n) is 14.3. The van der Waals surface area contributed by atoms with Crippen molar-refractivity contribution >= 4 is 17.5 Å². The van der Waals surface area contributed by atoms with Crippen LogP contribution in [0, 0.1) is 5.82 Å². The SMILES string of the molecule is COc1ccc(NCC(=O)NNC(=O)C2(c3ccc(F)cc3)CC2)cc1. The molecule has 0 aromatic heterocycles. The molecule has 1 saturated carbocycles. The van der Waals surface area contributed by atoms with Gasteiger partial charge in [0, 0.05) is 5.69 Å². The molecular weight excluding hydrogens is 337 g/mol. The number of rotatable bonds is 6. The van der Waals surface area contributed by atoms with Crippen LogP contribution in [0.3, 0.4) is 0 Å². The van der Waals surface area contributed by atoms with Crippen molar-refractivity contribution in [2.75, 3.05) is 19.0 Å². The molecular formula is C19H20FN3O3. The smallest absolute Gasteiger partial charge is 0.257 e. The summed E-state index contributed by atoms with van der Waals surface area (Å²) in [6, 6.07) is 13.0. The van der Waals surface area contributed by atoms with Crippen LogP contribution in [0.2, 0.25) is 0 Å².